The van der Waals surface area contributed by atoms with Gasteiger partial charge in [-0.15, -0.1) is 0 Å². The molecule has 0 amide bonds. The van der Waals surface area contributed by atoms with Crippen LogP contribution in [0.2, 0.25) is 44.8 Å². The van der Waals surface area contributed by atoms with Crippen molar-refractivity contribution < 1.29 is 4.39 Å². The van der Waals surface area contributed by atoms with Crippen molar-refractivity contribution in [2.45, 2.75) is 63.8 Å². The molecule has 0 aliphatic carbocycles. The van der Waals surface area contributed by atoms with Gasteiger partial charge in [0.25, 0.3) is 0 Å². The summed E-state index contributed by atoms with van der Waals surface area (Å²) in [7, 11) is -1.22. The molecular formula is C10H24FRfSi2. The zero-order valence-electron chi connectivity index (χ0n) is 10.5. The molecule has 0 aromatic heterocycles. The summed E-state index contributed by atoms with van der Waals surface area (Å²) in [5, 5.41) is 0. The predicted octanol–water partition coefficient (Wildman–Crippen LogP) is 4.20. The Morgan fingerprint density at radius 1 is 1.14 bits per heavy atom. The van der Waals surface area contributed by atoms with Gasteiger partial charge in [0.1, 0.15) is 0 Å². The summed E-state index contributed by atoms with van der Waals surface area (Å²) < 4.78 is 13.3. The Kier molecular flexibility index (Phi) is 7.64. The molecule has 0 heterocycles. The molecule has 1 unspecified atom stereocenters. The van der Waals surface area contributed by atoms with Crippen molar-refractivity contribution in [2.75, 3.05) is 0 Å². The Labute approximate surface area is 85.5 Å². The maximum Gasteiger partial charge on any atom is 0.0996 e. The third kappa shape index (κ3) is 11.4. The maximum absolute atomic E-state index is 13.3. The topological polar surface area (TPSA) is 0 Å². The third-order valence-corrected chi connectivity index (χ3v) is 5.24. The molecule has 0 saturated carbocycles. The minimum absolute atomic E-state index is 0. The van der Waals surface area contributed by atoms with Gasteiger partial charge in [-0.05, 0) is 12.8 Å². The van der Waals surface area contributed by atoms with Crippen molar-refractivity contribution in [3.63, 3.8) is 0 Å². The van der Waals surface area contributed by atoms with Gasteiger partial charge >= 0.3 is 0 Å². The Balaban J connectivity index is 0. The molecule has 0 bridgehead atoms. The smallest absolute Gasteiger partial charge is 0.0996 e. The SMILES string of the molecule is C[Si](C)CCC(F)CC[Si](C)(C)C.[Rf]. The third-order valence-electron chi connectivity index (χ3n) is 2.17. The van der Waals surface area contributed by atoms with E-state index in [-0.39, 0.29) is 8.80 Å². The molecule has 0 nitrogen and oxygen atoms in total. The van der Waals surface area contributed by atoms with Crippen molar-refractivity contribution in [2.24, 2.45) is 0 Å². The maximum atomic E-state index is 13.3. The van der Waals surface area contributed by atoms with Crippen LogP contribution in [0, 0.1) is 0 Å². The number of hydrogen-bond donors (Lipinski definition) is 0. The Bertz CT molecular complexity index is 135. The summed E-state index contributed by atoms with van der Waals surface area (Å²) in [5.41, 5.74) is 0. The fourth-order valence-corrected chi connectivity index (χ4v) is 3.25. The molecule has 14 heavy (non-hydrogen) atoms. The quantitative estimate of drug-likeness (QED) is 0.494. The van der Waals surface area contributed by atoms with Crippen LogP contribution < -0.4 is 0 Å². The van der Waals surface area contributed by atoms with Crippen LogP contribution >= 0.6 is 0 Å². The van der Waals surface area contributed by atoms with Crippen LogP contribution in [0.15, 0.2) is 0 Å². The summed E-state index contributed by atoms with van der Waals surface area (Å²) in [5.74, 6) is 0. The van der Waals surface area contributed by atoms with Crippen LogP contribution in [0.5, 0.6) is 0 Å². The van der Waals surface area contributed by atoms with Crippen LogP contribution in [0.4, 0.5) is 4.39 Å². The molecule has 0 aromatic rings. The molecular weight excluding hydrogens is 462 g/mol. The molecule has 0 spiro atoms. The van der Waals surface area contributed by atoms with E-state index in [9.17, 15) is 4.39 Å². The van der Waals surface area contributed by atoms with Crippen molar-refractivity contribution in [3.05, 3.63) is 0 Å². The van der Waals surface area contributed by atoms with E-state index in [1.807, 2.05) is 0 Å². The minimum Gasteiger partial charge on any atom is -0.248 e. The molecule has 0 aliphatic heterocycles. The second-order valence-corrected chi connectivity index (χ2v) is 14.0. The van der Waals surface area contributed by atoms with Crippen molar-refractivity contribution >= 4 is 16.9 Å². The summed E-state index contributed by atoms with van der Waals surface area (Å²) in [6.45, 7) is 11.5. The van der Waals surface area contributed by atoms with E-state index < -0.39 is 14.2 Å². The fraction of sp³-hybridized carbons (Fsp3) is 1.00. The van der Waals surface area contributed by atoms with Crippen molar-refractivity contribution in [3.8, 4) is 0 Å². The summed E-state index contributed by atoms with van der Waals surface area (Å²) in [4.78, 5) is 0. The van der Waals surface area contributed by atoms with Crippen LogP contribution in [0.1, 0.15) is 12.8 Å². The first-order chi connectivity index (χ1) is 5.81. The first-order valence-corrected chi connectivity index (χ1v) is 11.7. The van der Waals surface area contributed by atoms with Gasteiger partial charge in [-0.2, -0.15) is 0 Å². The van der Waals surface area contributed by atoms with Crippen LogP contribution in [-0.4, -0.2) is 23.0 Å². The second-order valence-electron chi connectivity index (χ2n) is 5.44. The van der Waals surface area contributed by atoms with Crippen molar-refractivity contribution in [1.29, 1.82) is 0 Å². The van der Waals surface area contributed by atoms with E-state index in [1.165, 1.54) is 0 Å². The molecule has 0 saturated heterocycles. The minimum atomic E-state index is -1.01. The van der Waals surface area contributed by atoms with Gasteiger partial charge in [0.05, 0.1) is 6.17 Å². The van der Waals surface area contributed by atoms with Crippen LogP contribution in [0.3, 0.4) is 0 Å². The van der Waals surface area contributed by atoms with E-state index in [4.69, 9.17) is 0 Å². The Hall–Kier alpha value is -0.636. The summed E-state index contributed by atoms with van der Waals surface area (Å²) >= 11 is 0. The summed E-state index contributed by atoms with van der Waals surface area (Å²) in [6.07, 6.45) is 1.10. The van der Waals surface area contributed by atoms with Crippen LogP contribution in [-0.2, 0) is 0 Å². The van der Waals surface area contributed by atoms with Crippen LogP contribution in [0.25, 0.3) is 0 Å². The van der Waals surface area contributed by atoms with Gasteiger partial charge in [0, 0.05) is 16.9 Å². The van der Waals surface area contributed by atoms with E-state index >= 15 is 0 Å². The first kappa shape index (κ1) is 15.8. The normalized spacial score (nSPS) is 13.9. The van der Waals surface area contributed by atoms with Gasteiger partial charge < -0.3 is 0 Å². The number of halogens is 1. The predicted molar refractivity (Wildman–Crippen MR) is 64.6 cm³/mol. The molecule has 4 heteroatoms. The largest absolute Gasteiger partial charge is 0.248 e. The number of hydrogen-bond acceptors (Lipinski definition) is 0. The van der Waals surface area contributed by atoms with Crippen molar-refractivity contribution in [1.82, 2.24) is 0 Å². The molecule has 81 valence electrons. The molecule has 1 radical (unpaired) electrons. The standard InChI is InChI=1S/C10H24FSi2.Rf/c1-12(2)8-6-10(11)7-9-13(3,4)5;/h10H,6-9H2,1-5H3;. The zero-order valence-corrected chi connectivity index (χ0v) is 18.9. The van der Waals surface area contributed by atoms with Gasteiger partial charge in [0.15, 0.2) is 0 Å². The van der Waals surface area contributed by atoms with E-state index in [0.717, 1.165) is 24.9 Å². The molecule has 1 atom stereocenters. The average molecular weight is 486 g/mol. The Morgan fingerprint density at radius 3 is 2.00 bits per heavy atom. The molecule has 0 N–H and O–H groups in total. The van der Waals surface area contributed by atoms with Gasteiger partial charge in [-0.25, -0.2) is 4.39 Å². The summed E-state index contributed by atoms with van der Waals surface area (Å²) in [6, 6.07) is 2.28. The number of alkyl halides is 1. The van der Waals surface area contributed by atoms with E-state index in [0.29, 0.717) is 0 Å². The average Bonchev–Trinajstić information content (AvgIpc) is 1.95. The first-order valence-electron chi connectivity index (χ1n) is 5.24. The Morgan fingerprint density at radius 2 is 1.64 bits per heavy atom. The molecule has 0 fully saturated rings. The van der Waals surface area contributed by atoms with Gasteiger partial charge in [0.2, 0.25) is 0 Å². The van der Waals surface area contributed by atoms with Gasteiger partial charge in [-0.1, -0.05) is 44.8 Å². The molecule has 0 rings (SSSR count). The number of rotatable bonds is 6. The monoisotopic (exact) mass is 486 g/mol. The molecule has 0 aromatic carbocycles. The molecule has 0 aliphatic rings. The van der Waals surface area contributed by atoms with E-state index in [2.05, 4.69) is 32.7 Å². The fourth-order valence-electron chi connectivity index (χ4n) is 1.18. The van der Waals surface area contributed by atoms with Gasteiger partial charge in [-0.3, -0.25) is 0 Å². The zero-order chi connectivity index (χ0) is 10.5. The second kappa shape index (κ2) is 6.76. The van der Waals surface area contributed by atoms with E-state index in [1.54, 1.807) is 0 Å².